The second-order valence-corrected chi connectivity index (χ2v) is 5.75. The highest BCUT2D eigenvalue weighted by Crippen LogP contribution is 2.48. The summed E-state index contributed by atoms with van der Waals surface area (Å²) in [5, 5.41) is 0. The molecule has 102 valence electrons. The van der Waals surface area contributed by atoms with Crippen molar-refractivity contribution in [2.24, 2.45) is 23.5 Å². The number of hydrogen-bond donors (Lipinski definition) is 1. The number of allylic oxidation sites excluding steroid dienone is 2. The zero-order chi connectivity index (χ0) is 13.0. The van der Waals surface area contributed by atoms with E-state index in [0.29, 0.717) is 18.4 Å². The molecule has 3 nitrogen and oxygen atoms in total. The highest BCUT2D eigenvalue weighted by Gasteiger charge is 2.44. The lowest BCUT2D eigenvalue weighted by Gasteiger charge is -2.27. The summed E-state index contributed by atoms with van der Waals surface area (Å²) in [6.07, 6.45) is 12.1. The molecule has 0 aromatic carbocycles. The molecule has 0 aromatic rings. The lowest BCUT2D eigenvalue weighted by atomic mass is 9.83. The Morgan fingerprint density at radius 3 is 2.78 bits per heavy atom. The number of nitrogens with two attached hydrogens (primary N) is 1. The Kier molecular flexibility index (Phi) is 4.81. The molecule has 0 amide bonds. The summed E-state index contributed by atoms with van der Waals surface area (Å²) in [5.41, 5.74) is 6.27. The van der Waals surface area contributed by atoms with E-state index in [4.69, 9.17) is 5.73 Å². The van der Waals surface area contributed by atoms with E-state index in [1.165, 1.54) is 26.4 Å². The van der Waals surface area contributed by atoms with Crippen LogP contribution < -0.4 is 5.73 Å². The molecule has 0 spiro atoms. The summed E-state index contributed by atoms with van der Waals surface area (Å²) in [6.45, 7) is 0. The molecule has 0 radical (unpaired) electrons. The van der Waals surface area contributed by atoms with E-state index >= 15 is 0 Å². The molecule has 2 aliphatic carbocycles. The Bertz CT molecular complexity index is 312. The van der Waals surface area contributed by atoms with Crippen LogP contribution in [0.15, 0.2) is 12.2 Å². The molecule has 0 heterocycles. The van der Waals surface area contributed by atoms with Gasteiger partial charge in [-0.25, -0.2) is 0 Å². The first kappa shape index (κ1) is 13.6. The molecule has 0 saturated heterocycles. The van der Waals surface area contributed by atoms with E-state index in [1.807, 2.05) is 0 Å². The summed E-state index contributed by atoms with van der Waals surface area (Å²) < 4.78 is 4.61. The van der Waals surface area contributed by atoms with Crippen molar-refractivity contribution in [2.45, 2.75) is 51.0 Å². The first-order chi connectivity index (χ1) is 8.72. The third-order valence-corrected chi connectivity index (χ3v) is 4.71. The molecule has 0 aromatic heterocycles. The Labute approximate surface area is 110 Å². The second kappa shape index (κ2) is 6.37. The average Bonchev–Trinajstić information content (AvgIpc) is 2.95. The van der Waals surface area contributed by atoms with Crippen LogP contribution in [0.3, 0.4) is 0 Å². The van der Waals surface area contributed by atoms with Crippen LogP contribution in [0.5, 0.6) is 0 Å². The van der Waals surface area contributed by atoms with Gasteiger partial charge in [-0.2, -0.15) is 0 Å². The normalized spacial score (nSPS) is 34.3. The average molecular weight is 251 g/mol. The number of carbonyl (C=O) groups excluding carboxylic acids is 1. The number of hydrogen-bond acceptors (Lipinski definition) is 3. The maximum atomic E-state index is 10.9. The van der Waals surface area contributed by atoms with Crippen molar-refractivity contribution in [3.8, 4) is 0 Å². The van der Waals surface area contributed by atoms with Crippen molar-refractivity contribution in [1.82, 2.24) is 0 Å². The zero-order valence-electron chi connectivity index (χ0n) is 11.3. The Hall–Kier alpha value is -0.830. The maximum Gasteiger partial charge on any atom is 0.305 e. The van der Waals surface area contributed by atoms with Gasteiger partial charge >= 0.3 is 5.97 Å². The van der Waals surface area contributed by atoms with E-state index in [0.717, 1.165) is 31.1 Å². The predicted molar refractivity (Wildman–Crippen MR) is 71.9 cm³/mol. The summed E-state index contributed by atoms with van der Waals surface area (Å²) in [4.78, 5) is 10.9. The number of methoxy groups -OCH3 is 1. The molecular weight excluding hydrogens is 226 g/mol. The fraction of sp³-hybridized carbons (Fsp3) is 0.800. The van der Waals surface area contributed by atoms with Gasteiger partial charge in [0.05, 0.1) is 7.11 Å². The third-order valence-electron chi connectivity index (χ3n) is 4.71. The maximum absolute atomic E-state index is 10.9. The van der Waals surface area contributed by atoms with Gasteiger partial charge in [0.1, 0.15) is 0 Å². The number of fused-ring (bicyclic) bond motifs is 2. The van der Waals surface area contributed by atoms with Gasteiger partial charge in [-0.1, -0.05) is 12.2 Å². The molecule has 2 bridgehead atoms. The Balaban J connectivity index is 1.61. The summed E-state index contributed by atoms with van der Waals surface area (Å²) in [5.74, 6) is 2.27. The summed E-state index contributed by atoms with van der Waals surface area (Å²) >= 11 is 0. The highest BCUT2D eigenvalue weighted by molar-refractivity contribution is 5.68. The minimum atomic E-state index is -0.112. The first-order valence-electron chi connectivity index (χ1n) is 7.19. The lowest BCUT2D eigenvalue weighted by molar-refractivity contribution is -0.140. The Morgan fingerprint density at radius 1 is 1.33 bits per heavy atom. The van der Waals surface area contributed by atoms with Crippen LogP contribution in [0.25, 0.3) is 0 Å². The third kappa shape index (κ3) is 3.14. The number of unbranched alkanes of at least 4 members (excludes halogenated alkanes) is 1. The van der Waals surface area contributed by atoms with E-state index < -0.39 is 0 Å². The lowest BCUT2D eigenvalue weighted by Crippen LogP contribution is -2.35. The number of ether oxygens (including phenoxy) is 1. The topological polar surface area (TPSA) is 52.3 Å². The molecule has 3 heteroatoms. The molecule has 18 heavy (non-hydrogen) atoms. The highest BCUT2D eigenvalue weighted by atomic mass is 16.5. The van der Waals surface area contributed by atoms with E-state index in [2.05, 4.69) is 16.9 Å². The van der Waals surface area contributed by atoms with Crippen molar-refractivity contribution < 1.29 is 9.53 Å². The van der Waals surface area contributed by atoms with Crippen molar-refractivity contribution in [1.29, 1.82) is 0 Å². The smallest absolute Gasteiger partial charge is 0.305 e. The van der Waals surface area contributed by atoms with Crippen molar-refractivity contribution in [3.05, 3.63) is 12.2 Å². The molecule has 2 N–H and O–H groups in total. The minimum absolute atomic E-state index is 0.112. The molecule has 1 unspecified atom stereocenters. The van der Waals surface area contributed by atoms with Crippen molar-refractivity contribution in [2.75, 3.05) is 7.11 Å². The van der Waals surface area contributed by atoms with Crippen molar-refractivity contribution >= 4 is 5.97 Å². The van der Waals surface area contributed by atoms with Crippen LogP contribution >= 0.6 is 0 Å². The molecule has 2 rings (SSSR count). The van der Waals surface area contributed by atoms with Gasteiger partial charge in [-0.15, -0.1) is 0 Å². The Morgan fingerprint density at radius 2 is 2.11 bits per heavy atom. The quantitative estimate of drug-likeness (QED) is 0.448. The largest absolute Gasteiger partial charge is 0.469 e. The minimum Gasteiger partial charge on any atom is -0.469 e. The van der Waals surface area contributed by atoms with Gasteiger partial charge in [-0.05, 0) is 56.3 Å². The summed E-state index contributed by atoms with van der Waals surface area (Å²) in [6, 6.07) is 0.434. The standard InChI is InChI=1S/C15H25NO2/c1-18-14(17)7-5-3-2-4-6-13-11-8-9-12(10-11)15(13)16/h2,4,11-13,15H,3,5-10,16H2,1H3/t11?,12-,13-,15-/m0/s1. The second-order valence-electron chi connectivity index (χ2n) is 5.75. The fourth-order valence-corrected chi connectivity index (χ4v) is 3.64. The predicted octanol–water partition coefficient (Wildman–Crippen LogP) is 2.65. The van der Waals surface area contributed by atoms with Crippen LogP contribution in [0, 0.1) is 17.8 Å². The number of esters is 1. The van der Waals surface area contributed by atoms with Crippen LogP contribution in [-0.4, -0.2) is 19.1 Å². The van der Waals surface area contributed by atoms with Gasteiger partial charge < -0.3 is 10.5 Å². The van der Waals surface area contributed by atoms with Gasteiger partial charge in [0, 0.05) is 12.5 Å². The number of rotatable bonds is 6. The monoisotopic (exact) mass is 251 g/mol. The summed E-state index contributed by atoms with van der Waals surface area (Å²) in [7, 11) is 1.44. The van der Waals surface area contributed by atoms with E-state index in [1.54, 1.807) is 0 Å². The van der Waals surface area contributed by atoms with E-state index in [-0.39, 0.29) is 5.97 Å². The number of carbonyl (C=O) groups is 1. The first-order valence-corrected chi connectivity index (χ1v) is 7.19. The molecular formula is C15H25NO2. The molecule has 0 aliphatic heterocycles. The molecule has 2 fully saturated rings. The van der Waals surface area contributed by atoms with E-state index in [9.17, 15) is 4.79 Å². The van der Waals surface area contributed by atoms with Crippen LogP contribution in [-0.2, 0) is 9.53 Å². The molecule has 2 aliphatic rings. The van der Waals surface area contributed by atoms with Gasteiger partial charge in [0.25, 0.3) is 0 Å². The van der Waals surface area contributed by atoms with Crippen LogP contribution in [0.1, 0.15) is 44.9 Å². The molecule has 4 atom stereocenters. The SMILES string of the molecule is COC(=O)CCCC=CC[C@H]1C2CC[C@@H](C2)[C@@H]1N. The molecule has 2 saturated carbocycles. The van der Waals surface area contributed by atoms with Gasteiger partial charge in [0.15, 0.2) is 0 Å². The van der Waals surface area contributed by atoms with Crippen molar-refractivity contribution in [3.63, 3.8) is 0 Å². The van der Waals surface area contributed by atoms with Gasteiger partial charge in [-0.3, -0.25) is 4.79 Å². The van der Waals surface area contributed by atoms with Gasteiger partial charge in [0.2, 0.25) is 0 Å². The fourth-order valence-electron chi connectivity index (χ4n) is 3.64. The van der Waals surface area contributed by atoms with Crippen LogP contribution in [0.4, 0.5) is 0 Å². The van der Waals surface area contributed by atoms with Crippen LogP contribution in [0.2, 0.25) is 0 Å². The zero-order valence-corrected chi connectivity index (χ0v) is 11.3.